The first-order chi connectivity index (χ1) is 12.5. The lowest BCUT2D eigenvalue weighted by molar-refractivity contribution is 0.0191. The van der Waals surface area contributed by atoms with E-state index in [-0.39, 0.29) is 17.3 Å². The number of nitrogens with zero attached hydrogens (tertiary/aromatic N) is 3. The Balaban J connectivity index is 1.64. The summed E-state index contributed by atoms with van der Waals surface area (Å²) in [6.07, 6.45) is 4.21. The molecule has 1 aromatic heterocycles. The predicted molar refractivity (Wildman–Crippen MR) is 95.5 cm³/mol. The number of rotatable bonds is 5. The van der Waals surface area contributed by atoms with E-state index in [2.05, 4.69) is 5.10 Å². The van der Waals surface area contributed by atoms with Crippen LogP contribution in [0.2, 0.25) is 0 Å². The average molecular weight is 358 g/mol. The largest absolute Gasteiger partial charge is 0.384 e. The fraction of sp³-hybridized carbons (Fsp3) is 0.474. The number of hydrogen-bond donors (Lipinski definition) is 1. The van der Waals surface area contributed by atoms with E-state index in [4.69, 9.17) is 10.5 Å². The van der Waals surface area contributed by atoms with Crippen molar-refractivity contribution in [2.45, 2.75) is 31.2 Å². The van der Waals surface area contributed by atoms with Gasteiger partial charge in [0.15, 0.2) is 5.69 Å². The highest BCUT2D eigenvalue weighted by Gasteiger charge is 2.53. The SMILES string of the molecule is COCC1(C2CC2)CCCN1C(=O)c1cc(N)n(-c2ccc(F)cc2)n1. The molecule has 1 aromatic carbocycles. The number of ether oxygens (including phenoxy) is 1. The molecule has 1 saturated heterocycles. The molecule has 1 amide bonds. The number of nitrogens with two attached hydrogens (primary N) is 1. The lowest BCUT2D eigenvalue weighted by Gasteiger charge is -2.38. The molecular weight excluding hydrogens is 335 g/mol. The standard InChI is InChI=1S/C19H23FN4O2/c1-26-12-19(13-3-4-13)9-2-10-23(19)18(25)16-11-17(21)24(22-16)15-7-5-14(20)6-8-15/h5-8,11,13H,2-4,9-10,12,21H2,1H3. The van der Waals surface area contributed by atoms with Gasteiger partial charge in [0.1, 0.15) is 11.6 Å². The van der Waals surface area contributed by atoms with Crippen molar-refractivity contribution in [2.24, 2.45) is 5.92 Å². The number of halogens is 1. The smallest absolute Gasteiger partial charge is 0.275 e. The van der Waals surface area contributed by atoms with Crippen LogP contribution in [-0.4, -0.2) is 46.4 Å². The molecule has 0 radical (unpaired) electrons. The fourth-order valence-electron chi connectivity index (χ4n) is 4.20. The Hall–Kier alpha value is -2.41. The highest BCUT2D eigenvalue weighted by molar-refractivity contribution is 5.94. The molecule has 2 heterocycles. The Morgan fingerprint density at radius 3 is 2.77 bits per heavy atom. The molecule has 7 heteroatoms. The molecule has 1 atom stereocenters. The summed E-state index contributed by atoms with van der Waals surface area (Å²) in [5.41, 5.74) is 6.77. The number of benzene rings is 1. The van der Waals surface area contributed by atoms with Crippen molar-refractivity contribution in [2.75, 3.05) is 26.0 Å². The highest BCUT2D eigenvalue weighted by atomic mass is 19.1. The summed E-state index contributed by atoms with van der Waals surface area (Å²) < 4.78 is 20.1. The molecule has 2 aromatic rings. The number of anilines is 1. The molecule has 2 aliphatic rings. The van der Waals surface area contributed by atoms with Gasteiger partial charge in [-0.25, -0.2) is 9.07 Å². The Morgan fingerprint density at radius 2 is 2.12 bits per heavy atom. The maximum absolute atomic E-state index is 13.2. The number of hydrogen-bond acceptors (Lipinski definition) is 4. The Labute approximate surface area is 151 Å². The molecule has 2 fully saturated rings. The van der Waals surface area contributed by atoms with Gasteiger partial charge < -0.3 is 15.4 Å². The summed E-state index contributed by atoms with van der Waals surface area (Å²) >= 11 is 0. The van der Waals surface area contributed by atoms with Crippen molar-refractivity contribution in [1.29, 1.82) is 0 Å². The summed E-state index contributed by atoms with van der Waals surface area (Å²) in [6.45, 7) is 1.26. The van der Waals surface area contributed by atoms with Crippen LogP contribution in [-0.2, 0) is 4.74 Å². The van der Waals surface area contributed by atoms with Crippen LogP contribution in [0.3, 0.4) is 0 Å². The second-order valence-electron chi connectivity index (χ2n) is 7.21. The zero-order valence-electron chi connectivity index (χ0n) is 14.8. The first kappa shape index (κ1) is 17.0. The fourth-order valence-corrected chi connectivity index (χ4v) is 4.20. The van der Waals surface area contributed by atoms with E-state index in [0.717, 1.165) is 25.7 Å². The molecule has 26 heavy (non-hydrogen) atoms. The van der Waals surface area contributed by atoms with Gasteiger partial charge in [0.25, 0.3) is 5.91 Å². The molecule has 4 rings (SSSR count). The first-order valence-corrected chi connectivity index (χ1v) is 8.97. The van der Waals surface area contributed by atoms with Crippen LogP contribution in [0.25, 0.3) is 5.69 Å². The van der Waals surface area contributed by atoms with Gasteiger partial charge in [-0.15, -0.1) is 0 Å². The van der Waals surface area contributed by atoms with Crippen LogP contribution in [0.1, 0.15) is 36.2 Å². The van der Waals surface area contributed by atoms with Crippen LogP contribution in [0.4, 0.5) is 10.2 Å². The molecule has 2 N–H and O–H groups in total. The third kappa shape index (κ3) is 2.76. The lowest BCUT2D eigenvalue weighted by Crippen LogP contribution is -2.52. The topological polar surface area (TPSA) is 73.4 Å². The summed E-state index contributed by atoms with van der Waals surface area (Å²) in [5, 5.41) is 4.40. The minimum Gasteiger partial charge on any atom is -0.384 e. The summed E-state index contributed by atoms with van der Waals surface area (Å²) in [4.78, 5) is 15.1. The van der Waals surface area contributed by atoms with Crippen LogP contribution in [0.5, 0.6) is 0 Å². The molecule has 1 aliphatic heterocycles. The van der Waals surface area contributed by atoms with Gasteiger partial charge >= 0.3 is 0 Å². The first-order valence-electron chi connectivity index (χ1n) is 8.97. The molecule has 138 valence electrons. The maximum Gasteiger partial charge on any atom is 0.275 e. The van der Waals surface area contributed by atoms with E-state index in [1.807, 2.05) is 4.90 Å². The van der Waals surface area contributed by atoms with Crippen molar-refractivity contribution in [1.82, 2.24) is 14.7 Å². The van der Waals surface area contributed by atoms with Crippen molar-refractivity contribution < 1.29 is 13.9 Å². The van der Waals surface area contributed by atoms with Gasteiger partial charge in [-0.05, 0) is 55.9 Å². The second-order valence-corrected chi connectivity index (χ2v) is 7.21. The molecule has 1 unspecified atom stereocenters. The van der Waals surface area contributed by atoms with E-state index in [9.17, 15) is 9.18 Å². The number of carbonyl (C=O) groups excluding carboxylic acids is 1. The van der Waals surface area contributed by atoms with Gasteiger partial charge in [0.2, 0.25) is 0 Å². The number of likely N-dealkylation sites (tertiary alicyclic amines) is 1. The van der Waals surface area contributed by atoms with Crippen molar-refractivity contribution in [3.05, 3.63) is 41.8 Å². The van der Waals surface area contributed by atoms with E-state index in [1.54, 1.807) is 25.3 Å². The molecule has 0 bridgehead atoms. The third-order valence-electron chi connectivity index (χ3n) is 5.53. The second kappa shape index (κ2) is 6.39. The van der Waals surface area contributed by atoms with E-state index < -0.39 is 0 Å². The summed E-state index contributed by atoms with van der Waals surface area (Å²) in [5.74, 6) is 0.411. The average Bonchev–Trinajstić information content (AvgIpc) is 3.30. The molecule has 1 aliphatic carbocycles. The minimum absolute atomic E-state index is 0.112. The van der Waals surface area contributed by atoms with Crippen LogP contribution >= 0.6 is 0 Å². The highest BCUT2D eigenvalue weighted by Crippen LogP contribution is 2.49. The van der Waals surface area contributed by atoms with E-state index in [1.165, 1.54) is 16.8 Å². The van der Waals surface area contributed by atoms with Crippen molar-refractivity contribution in [3.8, 4) is 5.69 Å². The molecule has 6 nitrogen and oxygen atoms in total. The zero-order chi connectivity index (χ0) is 18.3. The lowest BCUT2D eigenvalue weighted by atomic mass is 9.90. The quantitative estimate of drug-likeness (QED) is 0.892. The van der Waals surface area contributed by atoms with Gasteiger partial charge in [0, 0.05) is 19.7 Å². The third-order valence-corrected chi connectivity index (χ3v) is 5.53. The molecule has 0 spiro atoms. The number of aromatic nitrogens is 2. The van der Waals surface area contributed by atoms with Gasteiger partial charge in [0.05, 0.1) is 17.8 Å². The van der Waals surface area contributed by atoms with Crippen LogP contribution < -0.4 is 5.73 Å². The number of nitrogen functional groups attached to an aromatic ring is 1. The van der Waals surface area contributed by atoms with E-state index >= 15 is 0 Å². The normalized spacial score (nSPS) is 22.8. The summed E-state index contributed by atoms with van der Waals surface area (Å²) in [6, 6.07) is 7.45. The zero-order valence-corrected chi connectivity index (χ0v) is 14.8. The number of carbonyl (C=O) groups is 1. The van der Waals surface area contributed by atoms with Crippen molar-refractivity contribution >= 4 is 11.7 Å². The summed E-state index contributed by atoms with van der Waals surface area (Å²) in [7, 11) is 1.69. The number of methoxy groups -OCH3 is 1. The Bertz CT molecular complexity index is 815. The van der Waals surface area contributed by atoms with E-state index in [0.29, 0.717) is 36.3 Å². The monoisotopic (exact) mass is 358 g/mol. The Kier molecular flexibility index (Phi) is 4.19. The minimum atomic E-state index is -0.332. The molecule has 1 saturated carbocycles. The van der Waals surface area contributed by atoms with Crippen LogP contribution in [0.15, 0.2) is 30.3 Å². The number of amides is 1. The molecular formula is C19H23FN4O2. The predicted octanol–water partition coefficient (Wildman–Crippen LogP) is 2.62. The van der Waals surface area contributed by atoms with Crippen molar-refractivity contribution in [3.63, 3.8) is 0 Å². The van der Waals surface area contributed by atoms with Gasteiger partial charge in [-0.1, -0.05) is 0 Å². The van der Waals surface area contributed by atoms with Gasteiger partial charge in [-0.3, -0.25) is 4.79 Å². The maximum atomic E-state index is 13.2. The Morgan fingerprint density at radius 1 is 1.38 bits per heavy atom. The van der Waals surface area contributed by atoms with Gasteiger partial charge in [-0.2, -0.15) is 5.10 Å². The van der Waals surface area contributed by atoms with Crippen LogP contribution in [0, 0.1) is 11.7 Å².